The number of thiophene rings is 1. The highest BCUT2D eigenvalue weighted by Gasteiger charge is 2.13. The molecule has 0 saturated heterocycles. The number of aliphatic hydroxyl groups excluding tert-OH is 1. The van der Waals surface area contributed by atoms with Gasteiger partial charge in [0.15, 0.2) is 0 Å². The Labute approximate surface area is 126 Å². The summed E-state index contributed by atoms with van der Waals surface area (Å²) in [6.07, 6.45) is 1.73. The molecule has 20 heavy (non-hydrogen) atoms. The summed E-state index contributed by atoms with van der Waals surface area (Å²) in [5.41, 5.74) is 0. The Hall–Kier alpha value is -0.460. The Kier molecular flexibility index (Phi) is 9.87. The molecule has 1 heterocycles. The van der Waals surface area contributed by atoms with Gasteiger partial charge in [0.1, 0.15) is 0 Å². The number of hydrogen-bond donors (Lipinski definition) is 2. The first-order valence-corrected chi connectivity index (χ1v) is 8.26. The predicted octanol–water partition coefficient (Wildman–Crippen LogP) is 2.59. The van der Waals surface area contributed by atoms with Crippen LogP contribution in [0, 0.1) is 0 Å². The Morgan fingerprint density at radius 3 is 2.75 bits per heavy atom. The lowest BCUT2D eigenvalue weighted by atomic mass is 10.1. The molecule has 0 amide bonds. The van der Waals surface area contributed by atoms with Crippen molar-refractivity contribution in [3.63, 3.8) is 0 Å². The van der Waals surface area contributed by atoms with Gasteiger partial charge in [-0.3, -0.25) is 0 Å². The van der Waals surface area contributed by atoms with Crippen molar-refractivity contribution in [3.05, 3.63) is 22.4 Å². The molecule has 0 fully saturated rings. The second kappa shape index (κ2) is 11.2. The molecular weight excluding hydrogens is 274 g/mol. The molecule has 5 heteroatoms. The van der Waals surface area contributed by atoms with Crippen LogP contribution < -0.4 is 5.32 Å². The molecular formula is C15H27NO3S. The molecule has 0 saturated carbocycles. The molecule has 0 radical (unpaired) electrons. The van der Waals surface area contributed by atoms with Crippen molar-refractivity contribution < 1.29 is 14.6 Å². The van der Waals surface area contributed by atoms with Crippen LogP contribution in [0.2, 0.25) is 0 Å². The molecule has 0 aliphatic carbocycles. The number of nitrogens with one attached hydrogen (secondary N) is 1. The van der Waals surface area contributed by atoms with E-state index in [2.05, 4.69) is 29.8 Å². The average Bonchev–Trinajstić information content (AvgIpc) is 2.97. The standard InChI is InChI=1S/C15H27NO3S/c1-3-6-14(15-7-5-10-20-15)16-11-13(17)12-19-9-8-18-4-2/h5,7,10,13-14,16-17H,3-4,6,8-9,11-12H2,1-2H3. The van der Waals surface area contributed by atoms with Crippen LogP contribution in [0.3, 0.4) is 0 Å². The number of rotatable bonds is 12. The Morgan fingerprint density at radius 1 is 1.30 bits per heavy atom. The van der Waals surface area contributed by atoms with Gasteiger partial charge in [0, 0.05) is 24.1 Å². The molecule has 0 bridgehead atoms. The molecule has 1 aromatic heterocycles. The molecule has 1 rings (SSSR count). The normalized spacial score (nSPS) is 14.3. The van der Waals surface area contributed by atoms with E-state index in [0.717, 1.165) is 12.8 Å². The maximum absolute atomic E-state index is 9.90. The van der Waals surface area contributed by atoms with E-state index in [1.54, 1.807) is 11.3 Å². The average molecular weight is 301 g/mol. The number of aliphatic hydroxyl groups is 1. The van der Waals surface area contributed by atoms with Gasteiger partial charge >= 0.3 is 0 Å². The van der Waals surface area contributed by atoms with E-state index in [0.29, 0.717) is 39.0 Å². The minimum absolute atomic E-state index is 0.332. The minimum atomic E-state index is -0.476. The zero-order chi connectivity index (χ0) is 14.6. The van der Waals surface area contributed by atoms with Crippen molar-refractivity contribution in [2.45, 2.75) is 38.8 Å². The van der Waals surface area contributed by atoms with Crippen molar-refractivity contribution >= 4 is 11.3 Å². The third-order valence-corrected chi connectivity index (χ3v) is 3.94. The van der Waals surface area contributed by atoms with Gasteiger partial charge in [-0.15, -0.1) is 11.3 Å². The van der Waals surface area contributed by atoms with Crippen molar-refractivity contribution in [2.75, 3.05) is 33.0 Å². The van der Waals surface area contributed by atoms with Crippen molar-refractivity contribution in [2.24, 2.45) is 0 Å². The highest BCUT2D eigenvalue weighted by atomic mass is 32.1. The van der Waals surface area contributed by atoms with Gasteiger partial charge in [-0.1, -0.05) is 19.4 Å². The number of hydrogen-bond acceptors (Lipinski definition) is 5. The van der Waals surface area contributed by atoms with Gasteiger partial charge in [0.25, 0.3) is 0 Å². The van der Waals surface area contributed by atoms with E-state index >= 15 is 0 Å². The first-order chi connectivity index (χ1) is 9.77. The van der Waals surface area contributed by atoms with Crippen LogP contribution in [0.1, 0.15) is 37.6 Å². The van der Waals surface area contributed by atoms with Gasteiger partial charge in [-0.05, 0) is 24.8 Å². The summed E-state index contributed by atoms with van der Waals surface area (Å²) in [5.74, 6) is 0. The summed E-state index contributed by atoms with van der Waals surface area (Å²) in [5, 5.41) is 15.4. The van der Waals surface area contributed by atoms with Crippen LogP contribution in [0.25, 0.3) is 0 Å². The van der Waals surface area contributed by atoms with Crippen LogP contribution in [-0.4, -0.2) is 44.2 Å². The second-order valence-electron chi connectivity index (χ2n) is 4.69. The molecule has 1 aromatic rings. The van der Waals surface area contributed by atoms with Gasteiger partial charge < -0.3 is 19.9 Å². The smallest absolute Gasteiger partial charge is 0.0897 e. The first-order valence-electron chi connectivity index (χ1n) is 7.38. The first kappa shape index (κ1) is 17.6. The third-order valence-electron chi connectivity index (χ3n) is 2.95. The van der Waals surface area contributed by atoms with Crippen LogP contribution in [0.4, 0.5) is 0 Å². The lowest BCUT2D eigenvalue weighted by Gasteiger charge is -2.19. The predicted molar refractivity (Wildman–Crippen MR) is 83.3 cm³/mol. The largest absolute Gasteiger partial charge is 0.389 e. The van der Waals surface area contributed by atoms with Gasteiger partial charge in [0.2, 0.25) is 0 Å². The van der Waals surface area contributed by atoms with Crippen LogP contribution in [0.5, 0.6) is 0 Å². The fourth-order valence-electron chi connectivity index (χ4n) is 1.94. The maximum Gasteiger partial charge on any atom is 0.0897 e. The van der Waals surface area contributed by atoms with Crippen LogP contribution in [0.15, 0.2) is 17.5 Å². The fourth-order valence-corrected chi connectivity index (χ4v) is 2.78. The van der Waals surface area contributed by atoms with Crippen molar-refractivity contribution in [3.8, 4) is 0 Å². The van der Waals surface area contributed by atoms with E-state index < -0.39 is 6.10 Å². The van der Waals surface area contributed by atoms with Gasteiger partial charge in [-0.25, -0.2) is 0 Å². The molecule has 0 spiro atoms. The maximum atomic E-state index is 9.90. The zero-order valence-electron chi connectivity index (χ0n) is 12.5. The fraction of sp³-hybridized carbons (Fsp3) is 0.733. The van der Waals surface area contributed by atoms with Crippen LogP contribution >= 0.6 is 11.3 Å². The Balaban J connectivity index is 2.18. The zero-order valence-corrected chi connectivity index (χ0v) is 13.3. The molecule has 0 aliphatic heterocycles. The Morgan fingerprint density at radius 2 is 2.10 bits per heavy atom. The van der Waals surface area contributed by atoms with E-state index in [-0.39, 0.29) is 0 Å². The summed E-state index contributed by atoms with van der Waals surface area (Å²) < 4.78 is 10.5. The van der Waals surface area contributed by atoms with Gasteiger partial charge in [0.05, 0.1) is 25.9 Å². The Bertz CT molecular complexity index is 319. The number of ether oxygens (including phenoxy) is 2. The highest BCUT2D eigenvalue weighted by Crippen LogP contribution is 2.22. The van der Waals surface area contributed by atoms with E-state index in [1.807, 2.05) is 6.92 Å². The molecule has 2 unspecified atom stereocenters. The molecule has 4 nitrogen and oxygen atoms in total. The van der Waals surface area contributed by atoms with Gasteiger partial charge in [-0.2, -0.15) is 0 Å². The quantitative estimate of drug-likeness (QED) is 0.583. The summed E-state index contributed by atoms with van der Waals surface area (Å²) in [4.78, 5) is 1.33. The van der Waals surface area contributed by atoms with Crippen molar-refractivity contribution in [1.29, 1.82) is 0 Å². The molecule has 2 N–H and O–H groups in total. The molecule has 0 aromatic carbocycles. The second-order valence-corrected chi connectivity index (χ2v) is 5.67. The summed E-state index contributed by atoms with van der Waals surface area (Å²) in [6, 6.07) is 4.54. The summed E-state index contributed by atoms with van der Waals surface area (Å²) in [7, 11) is 0. The highest BCUT2D eigenvalue weighted by molar-refractivity contribution is 7.10. The summed E-state index contributed by atoms with van der Waals surface area (Å²) in [6.45, 7) is 6.86. The lowest BCUT2D eigenvalue weighted by Crippen LogP contribution is -2.33. The van der Waals surface area contributed by atoms with E-state index in [4.69, 9.17) is 9.47 Å². The van der Waals surface area contributed by atoms with Crippen LogP contribution in [-0.2, 0) is 9.47 Å². The molecule has 116 valence electrons. The van der Waals surface area contributed by atoms with E-state index in [9.17, 15) is 5.11 Å². The lowest BCUT2D eigenvalue weighted by molar-refractivity contribution is 0.00566. The molecule has 0 aliphatic rings. The topological polar surface area (TPSA) is 50.7 Å². The summed E-state index contributed by atoms with van der Waals surface area (Å²) >= 11 is 1.76. The molecule has 2 atom stereocenters. The van der Waals surface area contributed by atoms with E-state index in [1.165, 1.54) is 4.88 Å². The monoisotopic (exact) mass is 301 g/mol. The SMILES string of the molecule is CCCC(NCC(O)COCCOCC)c1cccs1. The van der Waals surface area contributed by atoms with Crippen molar-refractivity contribution in [1.82, 2.24) is 5.32 Å². The third kappa shape index (κ3) is 7.36. The minimum Gasteiger partial charge on any atom is -0.389 e.